The van der Waals surface area contributed by atoms with E-state index >= 15 is 0 Å². The molecule has 58 valence electrons. The first kappa shape index (κ1) is 8.10. The van der Waals surface area contributed by atoms with Crippen molar-refractivity contribution in [2.75, 3.05) is 0 Å². The van der Waals surface area contributed by atoms with Crippen molar-refractivity contribution >= 4 is 0 Å². The Bertz CT molecular complexity index is 235. The third-order valence-electron chi connectivity index (χ3n) is 1.98. The Labute approximate surface area is 68.6 Å². The smallest absolute Gasteiger partial charge is 0.0168 e. The van der Waals surface area contributed by atoms with Crippen LogP contribution in [0.15, 0.2) is 41.7 Å². The first-order valence-electron chi connectivity index (χ1n) is 4.10. The van der Waals surface area contributed by atoms with Crippen LogP contribution >= 0.6 is 0 Å². The van der Waals surface area contributed by atoms with Crippen LogP contribution in [0.25, 0.3) is 0 Å². The standard InChI is InChI=1S/C11H14/c1-3-5-7-11-9-6-8-10(11)4-2/h3-4,7H,2,6,8-9H2,1H3. The number of rotatable bonds is 2. The highest BCUT2D eigenvalue weighted by Crippen LogP contribution is 2.26. The Hall–Kier alpha value is -1.00. The second-order valence-corrected chi connectivity index (χ2v) is 2.71. The predicted octanol–water partition coefficient (Wildman–Crippen LogP) is 3.38. The maximum atomic E-state index is 3.79. The van der Waals surface area contributed by atoms with Crippen molar-refractivity contribution in [3.63, 3.8) is 0 Å². The summed E-state index contributed by atoms with van der Waals surface area (Å²) in [6.45, 7) is 5.77. The molecular weight excluding hydrogens is 132 g/mol. The van der Waals surface area contributed by atoms with Gasteiger partial charge in [-0.15, -0.1) is 5.73 Å². The van der Waals surface area contributed by atoms with Gasteiger partial charge in [-0.25, -0.2) is 0 Å². The van der Waals surface area contributed by atoms with E-state index in [9.17, 15) is 0 Å². The van der Waals surface area contributed by atoms with Crippen molar-refractivity contribution in [3.05, 3.63) is 41.7 Å². The van der Waals surface area contributed by atoms with Gasteiger partial charge in [0.1, 0.15) is 0 Å². The highest BCUT2D eigenvalue weighted by atomic mass is 14.1. The monoisotopic (exact) mass is 146 g/mol. The van der Waals surface area contributed by atoms with Crippen molar-refractivity contribution in [1.29, 1.82) is 0 Å². The van der Waals surface area contributed by atoms with Crippen LogP contribution in [-0.4, -0.2) is 0 Å². The topological polar surface area (TPSA) is 0 Å². The quantitative estimate of drug-likeness (QED) is 0.524. The molecule has 1 aliphatic rings. The van der Waals surface area contributed by atoms with Gasteiger partial charge >= 0.3 is 0 Å². The average molecular weight is 146 g/mol. The second-order valence-electron chi connectivity index (χ2n) is 2.71. The fourth-order valence-electron chi connectivity index (χ4n) is 1.37. The van der Waals surface area contributed by atoms with Gasteiger partial charge in [-0.3, -0.25) is 0 Å². The molecule has 0 aromatic heterocycles. The zero-order valence-electron chi connectivity index (χ0n) is 7.06. The lowest BCUT2D eigenvalue weighted by molar-refractivity contribution is 0.906. The molecule has 0 spiro atoms. The highest BCUT2D eigenvalue weighted by Gasteiger charge is 2.08. The second kappa shape index (κ2) is 4.00. The summed E-state index contributed by atoms with van der Waals surface area (Å²) in [7, 11) is 0. The van der Waals surface area contributed by atoms with Crippen LogP contribution in [0.4, 0.5) is 0 Å². The van der Waals surface area contributed by atoms with E-state index in [1.165, 1.54) is 30.4 Å². The summed E-state index contributed by atoms with van der Waals surface area (Å²) in [6, 6.07) is 0. The Balaban J connectivity index is 2.83. The molecule has 0 N–H and O–H groups in total. The van der Waals surface area contributed by atoms with Crippen molar-refractivity contribution in [1.82, 2.24) is 0 Å². The Kier molecular flexibility index (Phi) is 2.95. The minimum atomic E-state index is 1.20. The molecule has 0 heterocycles. The predicted molar refractivity (Wildman–Crippen MR) is 49.4 cm³/mol. The van der Waals surface area contributed by atoms with Crippen LogP contribution in [0.1, 0.15) is 26.2 Å². The van der Waals surface area contributed by atoms with Gasteiger partial charge < -0.3 is 0 Å². The number of hydrogen-bond donors (Lipinski definition) is 0. The molecule has 0 fully saturated rings. The fraction of sp³-hybridized carbons (Fsp3) is 0.364. The lowest BCUT2D eigenvalue weighted by Gasteiger charge is -1.92. The summed E-state index contributed by atoms with van der Waals surface area (Å²) in [4.78, 5) is 0. The minimum absolute atomic E-state index is 1.20. The maximum Gasteiger partial charge on any atom is -0.0168 e. The Morgan fingerprint density at radius 1 is 1.36 bits per heavy atom. The van der Waals surface area contributed by atoms with Crippen LogP contribution < -0.4 is 0 Å². The van der Waals surface area contributed by atoms with Gasteiger partial charge in [0.05, 0.1) is 0 Å². The van der Waals surface area contributed by atoms with E-state index in [0.29, 0.717) is 0 Å². The van der Waals surface area contributed by atoms with Gasteiger partial charge in [0.15, 0.2) is 0 Å². The molecule has 0 bridgehead atoms. The molecule has 11 heavy (non-hydrogen) atoms. The first-order valence-corrected chi connectivity index (χ1v) is 4.10. The van der Waals surface area contributed by atoms with Gasteiger partial charge in [-0.2, -0.15) is 0 Å². The van der Waals surface area contributed by atoms with Gasteiger partial charge in [0.2, 0.25) is 0 Å². The van der Waals surface area contributed by atoms with E-state index in [2.05, 4.69) is 18.4 Å². The lowest BCUT2D eigenvalue weighted by Crippen LogP contribution is -1.72. The van der Waals surface area contributed by atoms with E-state index in [-0.39, 0.29) is 0 Å². The van der Waals surface area contributed by atoms with E-state index in [1.807, 2.05) is 19.1 Å². The molecule has 0 aromatic carbocycles. The average Bonchev–Trinajstić information content (AvgIpc) is 2.47. The molecule has 0 nitrogen and oxygen atoms in total. The SMILES string of the molecule is C=CC1=C(C=C=CC)CCC1. The Morgan fingerprint density at radius 2 is 2.09 bits per heavy atom. The molecule has 0 aliphatic heterocycles. The molecule has 0 amide bonds. The fourth-order valence-corrected chi connectivity index (χ4v) is 1.37. The van der Waals surface area contributed by atoms with Crippen LogP contribution in [0, 0.1) is 0 Å². The van der Waals surface area contributed by atoms with Crippen molar-refractivity contribution in [2.24, 2.45) is 0 Å². The van der Waals surface area contributed by atoms with Crippen LogP contribution in [-0.2, 0) is 0 Å². The molecule has 1 aliphatic carbocycles. The number of allylic oxidation sites excluding steroid dienone is 4. The summed E-state index contributed by atoms with van der Waals surface area (Å²) >= 11 is 0. The van der Waals surface area contributed by atoms with Crippen molar-refractivity contribution in [2.45, 2.75) is 26.2 Å². The summed E-state index contributed by atoms with van der Waals surface area (Å²) in [5.41, 5.74) is 5.92. The summed E-state index contributed by atoms with van der Waals surface area (Å²) < 4.78 is 0. The summed E-state index contributed by atoms with van der Waals surface area (Å²) in [5, 5.41) is 0. The van der Waals surface area contributed by atoms with Crippen molar-refractivity contribution in [3.8, 4) is 0 Å². The molecule has 0 atom stereocenters. The van der Waals surface area contributed by atoms with Crippen LogP contribution in [0.5, 0.6) is 0 Å². The van der Waals surface area contributed by atoms with E-state index in [4.69, 9.17) is 0 Å². The molecule has 1 rings (SSSR count). The molecule has 0 heteroatoms. The number of hydrogen-bond acceptors (Lipinski definition) is 0. The molecule has 0 saturated carbocycles. The zero-order chi connectivity index (χ0) is 8.10. The van der Waals surface area contributed by atoms with Crippen LogP contribution in [0.3, 0.4) is 0 Å². The minimum Gasteiger partial charge on any atom is -0.125 e. The van der Waals surface area contributed by atoms with Gasteiger partial charge in [-0.05, 0) is 49.5 Å². The highest BCUT2D eigenvalue weighted by molar-refractivity contribution is 5.35. The first-order chi connectivity index (χ1) is 5.38. The van der Waals surface area contributed by atoms with Gasteiger partial charge in [0.25, 0.3) is 0 Å². The summed E-state index contributed by atoms with van der Waals surface area (Å²) in [5.74, 6) is 0. The maximum absolute atomic E-state index is 3.79. The van der Waals surface area contributed by atoms with E-state index in [1.54, 1.807) is 0 Å². The Morgan fingerprint density at radius 3 is 2.73 bits per heavy atom. The molecule has 0 unspecified atom stereocenters. The molecular formula is C11H14. The lowest BCUT2D eigenvalue weighted by atomic mass is 10.1. The van der Waals surface area contributed by atoms with Crippen molar-refractivity contribution < 1.29 is 0 Å². The van der Waals surface area contributed by atoms with E-state index < -0.39 is 0 Å². The third kappa shape index (κ3) is 1.96. The largest absolute Gasteiger partial charge is 0.125 e. The normalized spacial score (nSPS) is 16.1. The molecule has 0 radical (unpaired) electrons. The van der Waals surface area contributed by atoms with Gasteiger partial charge in [-0.1, -0.05) is 12.7 Å². The molecule has 0 saturated heterocycles. The van der Waals surface area contributed by atoms with Crippen LogP contribution in [0.2, 0.25) is 0 Å². The third-order valence-corrected chi connectivity index (χ3v) is 1.98. The molecule has 0 aromatic rings. The van der Waals surface area contributed by atoms with Gasteiger partial charge in [0, 0.05) is 0 Å². The van der Waals surface area contributed by atoms with E-state index in [0.717, 1.165) is 0 Å². The zero-order valence-corrected chi connectivity index (χ0v) is 7.06. The summed E-state index contributed by atoms with van der Waals surface area (Å²) in [6.07, 6.45) is 9.65.